The predicted octanol–water partition coefficient (Wildman–Crippen LogP) is 2.49. The number of imidazole rings is 1. The van der Waals surface area contributed by atoms with Gasteiger partial charge < -0.3 is 4.98 Å². The van der Waals surface area contributed by atoms with Crippen molar-refractivity contribution in [3.63, 3.8) is 0 Å². The van der Waals surface area contributed by atoms with Gasteiger partial charge in [-0.2, -0.15) is 0 Å². The van der Waals surface area contributed by atoms with E-state index in [2.05, 4.69) is 14.7 Å². The van der Waals surface area contributed by atoms with Crippen LogP contribution in [0, 0.1) is 12.7 Å². The number of nitrogens with zero attached hydrogens (tertiary/aromatic N) is 1. The zero-order valence-corrected chi connectivity index (χ0v) is 12.6. The number of aromatic amines is 1. The lowest BCUT2D eigenvalue weighted by atomic mass is 10.2. The van der Waals surface area contributed by atoms with Gasteiger partial charge in [0.25, 0.3) is 0 Å². The van der Waals surface area contributed by atoms with Gasteiger partial charge in [0.15, 0.2) is 0 Å². The van der Waals surface area contributed by atoms with Crippen LogP contribution in [0.4, 0.5) is 4.39 Å². The van der Waals surface area contributed by atoms with Gasteiger partial charge in [-0.3, -0.25) is 0 Å². The summed E-state index contributed by atoms with van der Waals surface area (Å²) in [5.41, 5.74) is 2.07. The number of sulfonamides is 1. The molecule has 3 rings (SSSR count). The van der Waals surface area contributed by atoms with Gasteiger partial charge in [0.1, 0.15) is 11.6 Å². The molecule has 0 aliphatic carbocycles. The Bertz CT molecular complexity index is 918. The van der Waals surface area contributed by atoms with Crippen LogP contribution in [0.15, 0.2) is 47.4 Å². The van der Waals surface area contributed by atoms with E-state index in [0.29, 0.717) is 11.1 Å². The van der Waals surface area contributed by atoms with E-state index in [1.165, 1.54) is 18.2 Å². The largest absolute Gasteiger partial charge is 0.342 e. The maximum Gasteiger partial charge on any atom is 0.240 e. The Kier molecular flexibility index (Phi) is 3.67. The van der Waals surface area contributed by atoms with Crippen LogP contribution < -0.4 is 4.72 Å². The smallest absolute Gasteiger partial charge is 0.240 e. The summed E-state index contributed by atoms with van der Waals surface area (Å²) in [7, 11) is -3.64. The Morgan fingerprint density at radius 3 is 2.64 bits per heavy atom. The van der Waals surface area contributed by atoms with E-state index < -0.39 is 10.0 Å². The van der Waals surface area contributed by atoms with Crippen molar-refractivity contribution in [1.29, 1.82) is 0 Å². The summed E-state index contributed by atoms with van der Waals surface area (Å²) in [6.45, 7) is 1.91. The Balaban J connectivity index is 1.82. The molecule has 2 aromatic carbocycles. The van der Waals surface area contributed by atoms with Gasteiger partial charge >= 0.3 is 0 Å². The van der Waals surface area contributed by atoms with Crippen LogP contribution in [0.25, 0.3) is 11.0 Å². The lowest BCUT2D eigenvalue weighted by Gasteiger charge is -2.07. The molecule has 0 fully saturated rings. The quantitative estimate of drug-likeness (QED) is 0.776. The molecule has 0 spiro atoms. The first-order valence-electron chi connectivity index (χ1n) is 6.64. The average molecular weight is 319 g/mol. The molecule has 1 heterocycles. The van der Waals surface area contributed by atoms with Gasteiger partial charge in [-0.25, -0.2) is 22.5 Å². The fourth-order valence-electron chi connectivity index (χ4n) is 2.15. The summed E-state index contributed by atoms with van der Waals surface area (Å²) in [6, 6.07) is 10.4. The minimum Gasteiger partial charge on any atom is -0.342 e. The van der Waals surface area contributed by atoms with Crippen LogP contribution >= 0.6 is 0 Å². The number of aromatic nitrogens is 2. The SMILES string of the molecule is Cc1nc2ccc(S(=O)(=O)NCc3ccc(F)cc3)cc2[nH]1. The molecule has 0 bridgehead atoms. The van der Waals surface area contributed by atoms with E-state index in [-0.39, 0.29) is 17.3 Å². The van der Waals surface area contributed by atoms with Crippen LogP contribution in [-0.4, -0.2) is 18.4 Å². The Morgan fingerprint density at radius 1 is 1.18 bits per heavy atom. The van der Waals surface area contributed by atoms with Crippen molar-refractivity contribution >= 4 is 21.1 Å². The minimum absolute atomic E-state index is 0.0999. The fourth-order valence-corrected chi connectivity index (χ4v) is 3.19. The molecule has 7 heteroatoms. The number of benzene rings is 2. The van der Waals surface area contributed by atoms with E-state index in [1.807, 2.05) is 0 Å². The summed E-state index contributed by atoms with van der Waals surface area (Å²) < 4.78 is 39.9. The number of H-pyrrole nitrogens is 1. The standard InChI is InChI=1S/C15H14FN3O2S/c1-10-18-14-7-6-13(8-15(14)19-10)22(20,21)17-9-11-2-4-12(16)5-3-11/h2-8,17H,9H2,1H3,(H,18,19). The third kappa shape index (κ3) is 3.00. The van der Waals surface area contributed by atoms with Crippen molar-refractivity contribution in [2.24, 2.45) is 0 Å². The van der Waals surface area contributed by atoms with Crippen molar-refractivity contribution in [3.05, 3.63) is 59.7 Å². The zero-order valence-electron chi connectivity index (χ0n) is 11.8. The highest BCUT2D eigenvalue weighted by Crippen LogP contribution is 2.17. The third-order valence-electron chi connectivity index (χ3n) is 3.26. The van der Waals surface area contributed by atoms with Crippen molar-refractivity contribution in [2.75, 3.05) is 0 Å². The molecular formula is C15H14FN3O2S. The first kappa shape index (κ1) is 14.7. The van der Waals surface area contributed by atoms with Crippen molar-refractivity contribution in [2.45, 2.75) is 18.4 Å². The van der Waals surface area contributed by atoms with Crippen molar-refractivity contribution in [3.8, 4) is 0 Å². The van der Waals surface area contributed by atoms with E-state index >= 15 is 0 Å². The van der Waals surface area contributed by atoms with Crippen LogP contribution in [0.5, 0.6) is 0 Å². The minimum atomic E-state index is -3.64. The van der Waals surface area contributed by atoms with Gasteiger partial charge in [0, 0.05) is 6.54 Å². The molecule has 0 aliphatic rings. The maximum absolute atomic E-state index is 12.8. The van der Waals surface area contributed by atoms with Crippen LogP contribution in [-0.2, 0) is 16.6 Å². The summed E-state index contributed by atoms with van der Waals surface area (Å²) >= 11 is 0. The number of aryl methyl sites for hydroxylation is 1. The molecule has 5 nitrogen and oxygen atoms in total. The second-order valence-electron chi connectivity index (χ2n) is 4.95. The lowest BCUT2D eigenvalue weighted by molar-refractivity contribution is 0.581. The number of nitrogens with one attached hydrogen (secondary N) is 2. The lowest BCUT2D eigenvalue weighted by Crippen LogP contribution is -2.23. The Labute approximate surface area is 127 Å². The number of rotatable bonds is 4. The first-order chi connectivity index (χ1) is 10.4. The average Bonchev–Trinajstić information content (AvgIpc) is 2.86. The fraction of sp³-hybridized carbons (Fsp3) is 0.133. The van der Waals surface area contributed by atoms with Crippen LogP contribution in [0.2, 0.25) is 0 Å². The first-order valence-corrected chi connectivity index (χ1v) is 8.13. The van der Waals surface area contributed by atoms with Crippen molar-refractivity contribution in [1.82, 2.24) is 14.7 Å². The normalized spacial score (nSPS) is 11.9. The second kappa shape index (κ2) is 5.51. The van der Waals surface area contributed by atoms with Gasteiger partial charge in [-0.15, -0.1) is 0 Å². The molecule has 114 valence electrons. The number of fused-ring (bicyclic) bond motifs is 1. The Hall–Kier alpha value is -2.25. The van der Waals surface area contributed by atoms with Crippen molar-refractivity contribution < 1.29 is 12.8 Å². The number of halogens is 1. The number of hydrogen-bond acceptors (Lipinski definition) is 3. The zero-order chi connectivity index (χ0) is 15.7. The molecule has 0 saturated heterocycles. The van der Waals surface area contributed by atoms with Crippen LogP contribution in [0.3, 0.4) is 0 Å². The molecule has 0 unspecified atom stereocenters. The highest BCUT2D eigenvalue weighted by Gasteiger charge is 2.15. The Morgan fingerprint density at radius 2 is 1.91 bits per heavy atom. The summed E-state index contributed by atoms with van der Waals surface area (Å²) in [4.78, 5) is 7.40. The topological polar surface area (TPSA) is 74.8 Å². The molecule has 0 amide bonds. The monoisotopic (exact) mass is 319 g/mol. The van der Waals surface area contributed by atoms with E-state index in [4.69, 9.17) is 0 Å². The summed E-state index contributed by atoms with van der Waals surface area (Å²) in [6.07, 6.45) is 0. The molecular weight excluding hydrogens is 305 g/mol. The molecule has 0 atom stereocenters. The molecule has 2 N–H and O–H groups in total. The molecule has 0 saturated carbocycles. The molecule has 0 aliphatic heterocycles. The van der Waals surface area contributed by atoms with Crippen LogP contribution in [0.1, 0.15) is 11.4 Å². The number of hydrogen-bond donors (Lipinski definition) is 2. The molecule has 3 aromatic rings. The van der Waals surface area contributed by atoms with E-state index in [0.717, 1.165) is 11.3 Å². The molecule has 0 radical (unpaired) electrons. The molecule has 22 heavy (non-hydrogen) atoms. The highest BCUT2D eigenvalue weighted by molar-refractivity contribution is 7.89. The van der Waals surface area contributed by atoms with Gasteiger partial charge in [0.05, 0.1) is 15.9 Å². The summed E-state index contributed by atoms with van der Waals surface area (Å²) in [5.74, 6) is 0.371. The van der Waals surface area contributed by atoms with Gasteiger partial charge in [-0.05, 0) is 42.8 Å². The maximum atomic E-state index is 12.8. The van der Waals surface area contributed by atoms with E-state index in [1.54, 1.807) is 31.2 Å². The van der Waals surface area contributed by atoms with Gasteiger partial charge in [-0.1, -0.05) is 12.1 Å². The summed E-state index contributed by atoms with van der Waals surface area (Å²) in [5, 5.41) is 0. The third-order valence-corrected chi connectivity index (χ3v) is 4.66. The van der Waals surface area contributed by atoms with E-state index in [9.17, 15) is 12.8 Å². The predicted molar refractivity (Wildman–Crippen MR) is 81.3 cm³/mol. The molecule has 1 aromatic heterocycles. The van der Waals surface area contributed by atoms with Gasteiger partial charge in [0.2, 0.25) is 10.0 Å². The second-order valence-corrected chi connectivity index (χ2v) is 6.72. The highest BCUT2D eigenvalue weighted by atomic mass is 32.2.